The van der Waals surface area contributed by atoms with Crippen molar-refractivity contribution in [2.75, 3.05) is 32.8 Å². The van der Waals surface area contributed by atoms with E-state index in [1.54, 1.807) is 11.0 Å². The van der Waals surface area contributed by atoms with Gasteiger partial charge in [-0.25, -0.2) is 0 Å². The number of fused-ring (bicyclic) bond motifs is 1. The number of amides is 2. The molecule has 8 heteroatoms. The second-order valence-corrected chi connectivity index (χ2v) is 10.2. The SMILES string of the molecule is C=CCCCCOC(=O)[C@H]1[C@H]2C(=O)N(CCO)C(C(=O)N(CC=C)CCCCC)C23CC[C@]1(C)O3. The summed E-state index contributed by atoms with van der Waals surface area (Å²) >= 11 is 0. The molecule has 1 N–H and O–H groups in total. The Balaban J connectivity index is 1.88. The van der Waals surface area contributed by atoms with Gasteiger partial charge in [0.1, 0.15) is 17.6 Å². The third kappa shape index (κ3) is 5.05. The number of esters is 1. The van der Waals surface area contributed by atoms with Crippen molar-refractivity contribution in [1.29, 1.82) is 0 Å². The molecule has 2 amide bonds. The largest absolute Gasteiger partial charge is 0.465 e. The van der Waals surface area contributed by atoms with Gasteiger partial charge in [-0.15, -0.1) is 13.2 Å². The maximum atomic E-state index is 13.9. The number of carbonyl (C=O) groups excluding carboxylic acids is 3. The summed E-state index contributed by atoms with van der Waals surface area (Å²) in [6.45, 7) is 12.4. The summed E-state index contributed by atoms with van der Waals surface area (Å²) in [6.07, 6.45) is 9.92. The number of hydrogen-bond donors (Lipinski definition) is 1. The van der Waals surface area contributed by atoms with Gasteiger partial charge in [-0.2, -0.15) is 0 Å². The lowest BCUT2D eigenvalue weighted by Crippen LogP contribution is -2.56. The highest BCUT2D eigenvalue weighted by atomic mass is 16.6. The smallest absolute Gasteiger partial charge is 0.312 e. The number of unbranched alkanes of at least 4 members (excludes halogenated alkanes) is 4. The molecule has 2 unspecified atom stereocenters. The third-order valence-electron chi connectivity index (χ3n) is 7.85. The van der Waals surface area contributed by atoms with Crippen molar-refractivity contribution in [2.24, 2.45) is 11.8 Å². The number of β-amino-alcohol motifs (C(OH)–C–C–N with tert-alkyl or cyclic N) is 1. The number of allylic oxidation sites excluding steroid dienone is 1. The zero-order valence-corrected chi connectivity index (χ0v) is 21.4. The van der Waals surface area contributed by atoms with Crippen molar-refractivity contribution in [3.63, 3.8) is 0 Å². The van der Waals surface area contributed by atoms with Crippen LogP contribution in [0.5, 0.6) is 0 Å². The molecule has 196 valence electrons. The monoisotopic (exact) mass is 490 g/mol. The predicted octanol–water partition coefficient (Wildman–Crippen LogP) is 2.85. The van der Waals surface area contributed by atoms with Crippen molar-refractivity contribution in [1.82, 2.24) is 9.80 Å². The van der Waals surface area contributed by atoms with Gasteiger partial charge in [0.25, 0.3) is 0 Å². The lowest BCUT2D eigenvalue weighted by molar-refractivity contribution is -0.160. The Morgan fingerprint density at radius 2 is 2.00 bits per heavy atom. The van der Waals surface area contributed by atoms with Crippen molar-refractivity contribution in [3.05, 3.63) is 25.3 Å². The molecule has 0 radical (unpaired) electrons. The molecule has 8 nitrogen and oxygen atoms in total. The Bertz CT molecular complexity index is 815. The molecular formula is C27H42N2O6. The first kappa shape index (κ1) is 27.4. The van der Waals surface area contributed by atoms with Crippen molar-refractivity contribution >= 4 is 17.8 Å². The van der Waals surface area contributed by atoms with Gasteiger partial charge in [0.05, 0.1) is 24.7 Å². The van der Waals surface area contributed by atoms with E-state index in [4.69, 9.17) is 9.47 Å². The molecule has 1 spiro atoms. The van der Waals surface area contributed by atoms with Gasteiger partial charge in [-0.3, -0.25) is 14.4 Å². The van der Waals surface area contributed by atoms with Crippen LogP contribution in [0.4, 0.5) is 0 Å². The van der Waals surface area contributed by atoms with Crippen LogP contribution in [0.3, 0.4) is 0 Å². The average molecular weight is 491 g/mol. The number of rotatable bonds is 15. The van der Waals surface area contributed by atoms with Crippen LogP contribution >= 0.6 is 0 Å². The molecule has 3 rings (SSSR count). The topological polar surface area (TPSA) is 96.4 Å². The average Bonchev–Trinajstić information content (AvgIpc) is 3.39. The van der Waals surface area contributed by atoms with E-state index < -0.39 is 35.0 Å². The van der Waals surface area contributed by atoms with Crippen molar-refractivity contribution < 1.29 is 29.0 Å². The molecule has 0 aromatic rings. The lowest BCUT2D eigenvalue weighted by Gasteiger charge is -2.36. The molecule has 3 aliphatic rings. The van der Waals surface area contributed by atoms with Crippen LogP contribution in [0, 0.1) is 11.8 Å². The summed E-state index contributed by atoms with van der Waals surface area (Å²) in [5.74, 6) is -2.50. The quantitative estimate of drug-likeness (QED) is 0.215. The van der Waals surface area contributed by atoms with E-state index in [1.165, 1.54) is 4.90 Å². The minimum atomic E-state index is -1.09. The van der Waals surface area contributed by atoms with Crippen molar-refractivity contribution in [2.45, 2.75) is 82.5 Å². The van der Waals surface area contributed by atoms with E-state index in [0.29, 0.717) is 25.9 Å². The minimum absolute atomic E-state index is 0.0216. The number of carbonyl (C=O) groups is 3. The summed E-state index contributed by atoms with van der Waals surface area (Å²) in [5, 5.41) is 9.73. The van der Waals surface area contributed by atoms with Gasteiger partial charge in [-0.1, -0.05) is 31.9 Å². The molecule has 0 aliphatic carbocycles. The highest BCUT2D eigenvalue weighted by molar-refractivity contribution is 5.98. The van der Waals surface area contributed by atoms with E-state index >= 15 is 0 Å². The van der Waals surface area contributed by atoms with Gasteiger partial charge in [-0.05, 0) is 45.4 Å². The molecule has 0 aromatic heterocycles. The number of nitrogens with zero attached hydrogens (tertiary/aromatic N) is 2. The van der Waals surface area contributed by atoms with Crippen LogP contribution in [-0.4, -0.2) is 82.8 Å². The number of hydrogen-bond acceptors (Lipinski definition) is 6. The molecule has 3 fully saturated rings. The zero-order chi connectivity index (χ0) is 25.6. The Morgan fingerprint density at radius 1 is 1.23 bits per heavy atom. The molecule has 35 heavy (non-hydrogen) atoms. The molecule has 2 bridgehead atoms. The van der Waals surface area contributed by atoms with Gasteiger partial charge in [0, 0.05) is 19.6 Å². The first-order chi connectivity index (χ1) is 16.8. The molecule has 0 saturated carbocycles. The molecule has 3 saturated heterocycles. The predicted molar refractivity (Wildman–Crippen MR) is 132 cm³/mol. The molecule has 5 atom stereocenters. The molecular weight excluding hydrogens is 448 g/mol. The minimum Gasteiger partial charge on any atom is -0.465 e. The highest BCUT2D eigenvalue weighted by Gasteiger charge is 2.78. The number of aliphatic hydroxyl groups excluding tert-OH is 1. The van der Waals surface area contributed by atoms with Crippen LogP contribution in [0.1, 0.15) is 65.2 Å². The summed E-state index contributed by atoms with van der Waals surface area (Å²) < 4.78 is 12.2. The Labute approximate surface area is 209 Å². The second-order valence-electron chi connectivity index (χ2n) is 10.2. The number of aliphatic hydroxyl groups is 1. The van der Waals surface area contributed by atoms with E-state index in [9.17, 15) is 19.5 Å². The summed E-state index contributed by atoms with van der Waals surface area (Å²) in [4.78, 5) is 44.1. The van der Waals surface area contributed by atoms with E-state index in [-0.39, 0.29) is 31.6 Å². The van der Waals surface area contributed by atoms with Crippen LogP contribution in [0.15, 0.2) is 25.3 Å². The Morgan fingerprint density at radius 3 is 2.66 bits per heavy atom. The Hall–Kier alpha value is -2.19. The normalized spacial score (nSPS) is 30.9. The maximum Gasteiger partial charge on any atom is 0.312 e. The van der Waals surface area contributed by atoms with E-state index in [2.05, 4.69) is 20.1 Å². The highest BCUT2D eigenvalue weighted by Crippen LogP contribution is 2.63. The first-order valence-corrected chi connectivity index (χ1v) is 13.1. The maximum absolute atomic E-state index is 13.9. The summed E-state index contributed by atoms with van der Waals surface area (Å²) in [5.41, 5.74) is -1.94. The fourth-order valence-corrected chi connectivity index (χ4v) is 6.24. The van der Waals surface area contributed by atoms with Gasteiger partial charge in [0.15, 0.2) is 0 Å². The van der Waals surface area contributed by atoms with E-state index in [1.807, 2.05) is 13.0 Å². The molecule has 0 aromatic carbocycles. The summed E-state index contributed by atoms with van der Waals surface area (Å²) in [6, 6.07) is -0.874. The van der Waals surface area contributed by atoms with Gasteiger partial charge >= 0.3 is 5.97 Å². The number of ether oxygens (including phenoxy) is 2. The second kappa shape index (κ2) is 11.7. The third-order valence-corrected chi connectivity index (χ3v) is 7.85. The van der Waals surface area contributed by atoms with Gasteiger partial charge < -0.3 is 24.4 Å². The first-order valence-electron chi connectivity index (χ1n) is 13.1. The zero-order valence-electron chi connectivity index (χ0n) is 21.4. The van der Waals surface area contributed by atoms with Crippen LogP contribution in [0.2, 0.25) is 0 Å². The standard InChI is InChI=1S/C27H42N2O6/c1-5-8-10-12-19-34-25(33)21-20-23(31)29(17-18-30)22(27(20)14-13-26(21,4)35-27)24(32)28(15-7-3)16-11-9-6-2/h5,7,20-22,30H,1,3,6,8-19H2,2,4H3/t20-,21+,22?,26-,27?/m0/s1. The van der Waals surface area contributed by atoms with Crippen molar-refractivity contribution in [3.8, 4) is 0 Å². The molecule has 3 aliphatic heterocycles. The fourth-order valence-electron chi connectivity index (χ4n) is 6.24. The van der Waals surface area contributed by atoms with Gasteiger partial charge in [0.2, 0.25) is 11.8 Å². The molecule has 3 heterocycles. The number of likely N-dealkylation sites (tertiary alicyclic amines) is 1. The van der Waals surface area contributed by atoms with Crippen LogP contribution in [0.25, 0.3) is 0 Å². The van der Waals surface area contributed by atoms with Crippen LogP contribution < -0.4 is 0 Å². The lowest BCUT2D eigenvalue weighted by atomic mass is 9.66. The fraction of sp³-hybridized carbons (Fsp3) is 0.741. The Kier molecular flexibility index (Phi) is 9.16. The van der Waals surface area contributed by atoms with E-state index in [0.717, 1.165) is 38.5 Å². The summed E-state index contributed by atoms with van der Waals surface area (Å²) in [7, 11) is 0. The van der Waals surface area contributed by atoms with Crippen LogP contribution in [-0.2, 0) is 23.9 Å².